The summed E-state index contributed by atoms with van der Waals surface area (Å²) in [6.07, 6.45) is 0. The molecule has 0 saturated carbocycles. The molecular weight excluding hydrogens is 394 g/mol. The second-order valence-electron chi connectivity index (χ2n) is 6.59. The summed E-state index contributed by atoms with van der Waals surface area (Å²) in [5.74, 6) is 0.402. The van der Waals surface area contributed by atoms with Gasteiger partial charge in [0.05, 0.1) is 4.92 Å². The molecule has 0 atom stereocenters. The Morgan fingerprint density at radius 2 is 1.43 bits per heavy atom. The molecule has 1 aliphatic rings. The molecule has 158 valence electrons. The number of amides is 2. The molecule has 1 saturated heterocycles. The predicted molar refractivity (Wildman–Crippen MR) is 105 cm³/mol. The fourth-order valence-corrected chi connectivity index (χ4v) is 2.92. The van der Waals surface area contributed by atoms with Crippen LogP contribution in [0, 0.1) is 10.1 Å². The minimum absolute atomic E-state index is 0.0532. The van der Waals surface area contributed by atoms with E-state index in [2.05, 4.69) is 0 Å². The SMILES string of the molecule is O=C(COc1ccc([N+](=O)[O-])cc1)N1CCN(C(=O)COc2cccc(O)c2)CC1. The van der Waals surface area contributed by atoms with Crippen molar-refractivity contribution in [2.75, 3.05) is 39.4 Å². The summed E-state index contributed by atoms with van der Waals surface area (Å²) in [6, 6.07) is 11.7. The van der Waals surface area contributed by atoms with Crippen molar-refractivity contribution in [3.8, 4) is 17.2 Å². The van der Waals surface area contributed by atoms with Crippen LogP contribution in [0.3, 0.4) is 0 Å². The normalized spacial score (nSPS) is 13.6. The summed E-state index contributed by atoms with van der Waals surface area (Å²) in [4.78, 5) is 37.9. The molecule has 2 amide bonds. The third kappa shape index (κ3) is 5.60. The van der Waals surface area contributed by atoms with Crippen molar-refractivity contribution >= 4 is 17.5 Å². The Balaban J connectivity index is 1.40. The molecular formula is C20H21N3O7. The van der Waals surface area contributed by atoms with Gasteiger partial charge in [0, 0.05) is 44.4 Å². The van der Waals surface area contributed by atoms with Crippen molar-refractivity contribution in [1.82, 2.24) is 9.80 Å². The molecule has 10 heteroatoms. The molecule has 2 aromatic rings. The average molecular weight is 415 g/mol. The smallest absolute Gasteiger partial charge is 0.269 e. The van der Waals surface area contributed by atoms with Gasteiger partial charge in [0.2, 0.25) is 0 Å². The molecule has 0 radical (unpaired) electrons. The van der Waals surface area contributed by atoms with Gasteiger partial charge in [-0.25, -0.2) is 0 Å². The lowest BCUT2D eigenvalue weighted by Crippen LogP contribution is -2.52. The van der Waals surface area contributed by atoms with Gasteiger partial charge in [-0.05, 0) is 24.3 Å². The number of carbonyl (C=O) groups is 2. The number of nitrogens with zero attached hydrogens (tertiary/aromatic N) is 3. The number of carbonyl (C=O) groups excluding carboxylic acids is 2. The number of piperazine rings is 1. The lowest BCUT2D eigenvalue weighted by Gasteiger charge is -2.34. The van der Waals surface area contributed by atoms with Crippen LogP contribution in [0.5, 0.6) is 17.2 Å². The molecule has 1 heterocycles. The number of ether oxygens (including phenoxy) is 2. The number of non-ortho nitro benzene ring substituents is 1. The van der Waals surface area contributed by atoms with Crippen LogP contribution in [0.25, 0.3) is 0 Å². The number of benzene rings is 2. The lowest BCUT2D eigenvalue weighted by atomic mass is 10.3. The first kappa shape index (κ1) is 20.9. The summed E-state index contributed by atoms with van der Waals surface area (Å²) < 4.78 is 10.8. The number of nitro groups is 1. The van der Waals surface area contributed by atoms with E-state index >= 15 is 0 Å². The summed E-state index contributed by atoms with van der Waals surface area (Å²) >= 11 is 0. The minimum Gasteiger partial charge on any atom is -0.508 e. The Bertz CT molecular complexity index is 909. The van der Waals surface area contributed by atoms with Crippen LogP contribution < -0.4 is 9.47 Å². The van der Waals surface area contributed by atoms with Crippen LogP contribution >= 0.6 is 0 Å². The van der Waals surface area contributed by atoms with Gasteiger partial charge in [-0.15, -0.1) is 0 Å². The van der Waals surface area contributed by atoms with Crippen molar-refractivity contribution in [1.29, 1.82) is 0 Å². The topological polar surface area (TPSA) is 122 Å². The van der Waals surface area contributed by atoms with Gasteiger partial charge in [-0.2, -0.15) is 0 Å². The average Bonchev–Trinajstić information content (AvgIpc) is 2.76. The molecule has 0 aliphatic carbocycles. The molecule has 0 aromatic heterocycles. The Morgan fingerprint density at radius 1 is 0.900 bits per heavy atom. The highest BCUT2D eigenvalue weighted by Gasteiger charge is 2.24. The summed E-state index contributed by atoms with van der Waals surface area (Å²) in [6.45, 7) is 1.17. The first-order valence-electron chi connectivity index (χ1n) is 9.27. The van der Waals surface area contributed by atoms with Gasteiger partial charge >= 0.3 is 0 Å². The second-order valence-corrected chi connectivity index (χ2v) is 6.59. The lowest BCUT2D eigenvalue weighted by molar-refractivity contribution is -0.384. The molecule has 3 rings (SSSR count). The van der Waals surface area contributed by atoms with E-state index in [9.17, 15) is 24.8 Å². The van der Waals surface area contributed by atoms with E-state index in [0.717, 1.165) is 0 Å². The molecule has 10 nitrogen and oxygen atoms in total. The number of aromatic hydroxyl groups is 1. The fourth-order valence-electron chi connectivity index (χ4n) is 2.92. The maximum Gasteiger partial charge on any atom is 0.269 e. The summed E-state index contributed by atoms with van der Waals surface area (Å²) in [5.41, 5.74) is -0.0532. The number of phenols is 1. The van der Waals surface area contributed by atoms with E-state index in [0.29, 0.717) is 37.7 Å². The first-order chi connectivity index (χ1) is 14.4. The fraction of sp³-hybridized carbons (Fsp3) is 0.300. The Kier molecular flexibility index (Phi) is 6.68. The highest BCUT2D eigenvalue weighted by Crippen LogP contribution is 2.18. The van der Waals surface area contributed by atoms with E-state index in [1.54, 1.807) is 21.9 Å². The summed E-state index contributed by atoms with van der Waals surface area (Å²) in [5, 5.41) is 20.1. The van der Waals surface area contributed by atoms with Crippen molar-refractivity contribution < 1.29 is 29.1 Å². The maximum atomic E-state index is 12.3. The molecule has 1 N–H and O–H groups in total. The highest BCUT2D eigenvalue weighted by atomic mass is 16.6. The van der Waals surface area contributed by atoms with Gasteiger partial charge in [-0.1, -0.05) is 6.07 Å². The number of nitro benzene ring substituents is 1. The molecule has 0 unspecified atom stereocenters. The van der Waals surface area contributed by atoms with Gasteiger partial charge < -0.3 is 24.4 Å². The minimum atomic E-state index is -0.509. The predicted octanol–water partition coefficient (Wildman–Crippen LogP) is 1.43. The highest BCUT2D eigenvalue weighted by molar-refractivity contribution is 5.80. The number of hydrogen-bond donors (Lipinski definition) is 1. The van der Waals surface area contributed by atoms with Gasteiger partial charge in [0.25, 0.3) is 17.5 Å². The van der Waals surface area contributed by atoms with E-state index in [1.165, 1.54) is 36.4 Å². The second kappa shape index (κ2) is 9.59. The van der Waals surface area contributed by atoms with E-state index in [1.807, 2.05) is 0 Å². The molecule has 30 heavy (non-hydrogen) atoms. The standard InChI is InChI=1S/C20H21N3O7/c24-16-2-1-3-18(12-16)30-14-20(26)22-10-8-21(9-11-22)19(25)13-29-17-6-4-15(5-7-17)23(27)28/h1-7,12,24H,8-11,13-14H2. The van der Waals surface area contributed by atoms with Crippen LogP contribution in [0.2, 0.25) is 0 Å². The van der Waals surface area contributed by atoms with Crippen LogP contribution in [0.15, 0.2) is 48.5 Å². The molecule has 1 aliphatic heterocycles. The van der Waals surface area contributed by atoms with Gasteiger partial charge in [0.15, 0.2) is 13.2 Å². The Hall–Kier alpha value is -3.82. The van der Waals surface area contributed by atoms with E-state index in [-0.39, 0.29) is 36.5 Å². The quantitative estimate of drug-likeness (QED) is 0.536. The largest absolute Gasteiger partial charge is 0.508 e. The number of rotatable bonds is 7. The van der Waals surface area contributed by atoms with Crippen molar-refractivity contribution in [3.05, 3.63) is 58.6 Å². The van der Waals surface area contributed by atoms with Crippen molar-refractivity contribution in [3.63, 3.8) is 0 Å². The van der Waals surface area contributed by atoms with Crippen LogP contribution in [0.4, 0.5) is 5.69 Å². The van der Waals surface area contributed by atoms with Crippen LogP contribution in [-0.4, -0.2) is 71.0 Å². The zero-order valence-corrected chi connectivity index (χ0v) is 16.1. The Labute approximate surface area is 172 Å². The zero-order valence-electron chi connectivity index (χ0n) is 16.1. The third-order valence-electron chi connectivity index (χ3n) is 4.57. The molecule has 0 bridgehead atoms. The van der Waals surface area contributed by atoms with Crippen molar-refractivity contribution in [2.45, 2.75) is 0 Å². The number of hydrogen-bond acceptors (Lipinski definition) is 7. The monoisotopic (exact) mass is 415 g/mol. The summed E-state index contributed by atoms with van der Waals surface area (Å²) in [7, 11) is 0. The van der Waals surface area contributed by atoms with Crippen molar-refractivity contribution in [2.24, 2.45) is 0 Å². The van der Waals surface area contributed by atoms with E-state index < -0.39 is 4.92 Å². The van der Waals surface area contributed by atoms with Crippen LogP contribution in [0.1, 0.15) is 0 Å². The van der Waals surface area contributed by atoms with Gasteiger partial charge in [-0.3, -0.25) is 19.7 Å². The zero-order chi connectivity index (χ0) is 21.5. The molecule has 0 spiro atoms. The number of phenolic OH excluding ortho intramolecular Hbond substituents is 1. The molecule has 1 fully saturated rings. The maximum absolute atomic E-state index is 12.3. The molecule has 2 aromatic carbocycles. The van der Waals surface area contributed by atoms with E-state index in [4.69, 9.17) is 9.47 Å². The Morgan fingerprint density at radius 3 is 1.93 bits per heavy atom. The first-order valence-corrected chi connectivity index (χ1v) is 9.27. The van der Waals surface area contributed by atoms with Crippen LogP contribution in [-0.2, 0) is 9.59 Å². The van der Waals surface area contributed by atoms with Gasteiger partial charge in [0.1, 0.15) is 17.2 Å². The third-order valence-corrected chi connectivity index (χ3v) is 4.57.